The predicted molar refractivity (Wildman–Crippen MR) is 90.5 cm³/mol. The van der Waals surface area contributed by atoms with E-state index < -0.39 is 23.8 Å². The van der Waals surface area contributed by atoms with Gasteiger partial charge in [0.25, 0.3) is 5.91 Å². The first-order chi connectivity index (χ1) is 11.9. The summed E-state index contributed by atoms with van der Waals surface area (Å²) in [6, 6.07) is 8.50. The summed E-state index contributed by atoms with van der Waals surface area (Å²) in [7, 11) is 1.42. The molecule has 0 radical (unpaired) electrons. The number of carbonyl (C=O) groups excluding carboxylic acids is 2. The van der Waals surface area contributed by atoms with Gasteiger partial charge in [0.2, 0.25) is 0 Å². The number of methoxy groups -OCH3 is 1. The Morgan fingerprint density at radius 2 is 1.68 bits per heavy atom. The Morgan fingerprint density at radius 1 is 1.00 bits per heavy atom. The number of hydrogen-bond donors (Lipinski definition) is 3. The number of rotatable bonds is 5. The van der Waals surface area contributed by atoms with Crippen LogP contribution in [0.3, 0.4) is 0 Å². The third-order valence-corrected chi connectivity index (χ3v) is 3.29. The first-order valence-electron chi connectivity index (χ1n) is 7.36. The van der Waals surface area contributed by atoms with Crippen LogP contribution in [0.2, 0.25) is 0 Å². The highest BCUT2D eigenvalue weighted by atomic mass is 19.1. The maximum Gasteiger partial charge on any atom is 0.323 e. The van der Waals surface area contributed by atoms with Crippen molar-refractivity contribution >= 4 is 29.0 Å². The van der Waals surface area contributed by atoms with Gasteiger partial charge in [0, 0.05) is 24.6 Å². The minimum atomic E-state index is -0.885. The van der Waals surface area contributed by atoms with E-state index in [-0.39, 0.29) is 11.6 Å². The number of carbonyl (C=O) groups is 2. The summed E-state index contributed by atoms with van der Waals surface area (Å²) in [5, 5.41) is 7.40. The highest BCUT2D eigenvalue weighted by Crippen LogP contribution is 2.18. The van der Waals surface area contributed by atoms with Crippen molar-refractivity contribution in [3.05, 3.63) is 54.1 Å². The quantitative estimate of drug-likeness (QED) is 0.772. The first kappa shape index (κ1) is 18.3. The van der Waals surface area contributed by atoms with Gasteiger partial charge in [-0.25, -0.2) is 13.6 Å². The Balaban J connectivity index is 2.01. The van der Waals surface area contributed by atoms with Crippen molar-refractivity contribution in [2.75, 3.05) is 23.1 Å². The molecule has 3 amide bonds. The van der Waals surface area contributed by atoms with Crippen LogP contribution >= 0.6 is 0 Å². The molecule has 2 rings (SSSR count). The molecule has 0 bridgehead atoms. The van der Waals surface area contributed by atoms with Crippen LogP contribution in [0.1, 0.15) is 6.92 Å². The van der Waals surface area contributed by atoms with E-state index in [0.29, 0.717) is 17.4 Å². The third-order valence-electron chi connectivity index (χ3n) is 3.29. The molecule has 0 spiro atoms. The van der Waals surface area contributed by atoms with Crippen LogP contribution in [0.15, 0.2) is 42.5 Å². The van der Waals surface area contributed by atoms with Crippen LogP contribution in [0.25, 0.3) is 0 Å². The summed E-state index contributed by atoms with van der Waals surface area (Å²) in [6.07, 6.45) is -0.624. The molecule has 0 aliphatic heterocycles. The number of benzene rings is 2. The normalized spacial score (nSPS) is 11.5. The molecule has 0 unspecified atom stereocenters. The van der Waals surface area contributed by atoms with E-state index >= 15 is 0 Å². The summed E-state index contributed by atoms with van der Waals surface area (Å²) >= 11 is 0. The molecule has 0 aromatic heterocycles. The molecule has 0 heterocycles. The Hall–Kier alpha value is -3.00. The lowest BCUT2D eigenvalue weighted by molar-refractivity contribution is -0.124. The maximum atomic E-state index is 13.5. The molecule has 25 heavy (non-hydrogen) atoms. The summed E-state index contributed by atoms with van der Waals surface area (Å²) in [5.41, 5.74) is 0.680. The Morgan fingerprint density at radius 3 is 2.32 bits per heavy atom. The minimum absolute atomic E-state index is 0.155. The zero-order valence-corrected chi connectivity index (χ0v) is 13.6. The topological polar surface area (TPSA) is 79.5 Å². The fourth-order valence-electron chi connectivity index (χ4n) is 1.90. The Kier molecular flexibility index (Phi) is 6.02. The number of hydrogen-bond acceptors (Lipinski definition) is 3. The van der Waals surface area contributed by atoms with Crippen molar-refractivity contribution < 1.29 is 23.1 Å². The van der Waals surface area contributed by atoms with E-state index in [4.69, 9.17) is 4.74 Å². The second kappa shape index (κ2) is 8.20. The molecule has 8 heteroatoms. The number of urea groups is 1. The van der Waals surface area contributed by atoms with Gasteiger partial charge in [-0.2, -0.15) is 0 Å². The van der Waals surface area contributed by atoms with E-state index in [2.05, 4.69) is 16.0 Å². The number of amides is 3. The van der Waals surface area contributed by atoms with Gasteiger partial charge in [0.05, 0.1) is 5.69 Å². The largest absolute Gasteiger partial charge is 0.372 e. The average molecular weight is 349 g/mol. The molecule has 0 saturated carbocycles. The monoisotopic (exact) mass is 349 g/mol. The van der Waals surface area contributed by atoms with Gasteiger partial charge >= 0.3 is 6.03 Å². The lowest BCUT2D eigenvalue weighted by atomic mass is 10.2. The van der Waals surface area contributed by atoms with Crippen LogP contribution < -0.4 is 16.0 Å². The predicted octanol–water partition coefficient (Wildman–Crippen LogP) is 3.58. The Labute approximate surface area is 143 Å². The maximum absolute atomic E-state index is 13.5. The molecule has 0 saturated heterocycles. The van der Waals surface area contributed by atoms with Crippen molar-refractivity contribution in [2.24, 2.45) is 0 Å². The molecule has 132 valence electrons. The van der Waals surface area contributed by atoms with Gasteiger partial charge in [0.1, 0.15) is 17.7 Å². The summed E-state index contributed by atoms with van der Waals surface area (Å²) in [4.78, 5) is 23.7. The van der Waals surface area contributed by atoms with Crippen LogP contribution in [-0.4, -0.2) is 25.2 Å². The van der Waals surface area contributed by atoms with Gasteiger partial charge < -0.3 is 20.7 Å². The molecule has 0 aliphatic rings. The molecule has 2 aromatic carbocycles. The number of anilines is 3. The summed E-state index contributed by atoms with van der Waals surface area (Å²) in [5.74, 6) is -1.96. The van der Waals surface area contributed by atoms with Gasteiger partial charge in [0.15, 0.2) is 0 Å². The van der Waals surface area contributed by atoms with Crippen LogP contribution in [0.4, 0.5) is 30.6 Å². The van der Waals surface area contributed by atoms with Crippen LogP contribution in [0, 0.1) is 11.6 Å². The summed E-state index contributed by atoms with van der Waals surface area (Å²) in [6.45, 7) is 1.60. The Bertz CT molecular complexity index is 783. The highest BCUT2D eigenvalue weighted by Gasteiger charge is 2.12. The third kappa shape index (κ3) is 5.25. The fourth-order valence-corrected chi connectivity index (χ4v) is 1.90. The lowest BCUT2D eigenvalue weighted by Gasteiger charge is -2.12. The zero-order chi connectivity index (χ0) is 18.4. The van der Waals surface area contributed by atoms with Crippen molar-refractivity contribution in [2.45, 2.75) is 13.0 Å². The molecule has 3 N–H and O–H groups in total. The lowest BCUT2D eigenvalue weighted by Crippen LogP contribution is -2.26. The van der Waals surface area contributed by atoms with Crippen molar-refractivity contribution in [1.82, 2.24) is 0 Å². The molecular weight excluding hydrogens is 332 g/mol. The van der Waals surface area contributed by atoms with Gasteiger partial charge in [-0.1, -0.05) is 6.07 Å². The smallest absolute Gasteiger partial charge is 0.323 e. The van der Waals surface area contributed by atoms with E-state index in [1.54, 1.807) is 25.1 Å². The minimum Gasteiger partial charge on any atom is -0.372 e. The van der Waals surface area contributed by atoms with Gasteiger partial charge in [-0.05, 0) is 37.3 Å². The standard InChI is InChI=1S/C17H17F2N3O3/c1-10(25-2)16(23)20-12-4-3-5-13(9-12)21-17(24)22-15-7-6-11(18)8-14(15)19/h3-10H,1-2H3,(H,20,23)(H2,21,22,24)/t10-/m0/s1. The van der Waals surface area contributed by atoms with E-state index in [1.165, 1.54) is 13.2 Å². The number of ether oxygens (including phenoxy) is 1. The highest BCUT2D eigenvalue weighted by molar-refractivity contribution is 6.00. The average Bonchev–Trinajstić information content (AvgIpc) is 2.57. The van der Waals surface area contributed by atoms with Crippen molar-refractivity contribution in [1.29, 1.82) is 0 Å². The molecule has 1 atom stereocenters. The van der Waals surface area contributed by atoms with Crippen molar-refractivity contribution in [3.8, 4) is 0 Å². The number of halogens is 2. The van der Waals surface area contributed by atoms with Crippen LogP contribution in [0.5, 0.6) is 0 Å². The fraction of sp³-hybridized carbons (Fsp3) is 0.176. The second-order valence-corrected chi connectivity index (χ2v) is 5.15. The van der Waals surface area contributed by atoms with Crippen LogP contribution in [-0.2, 0) is 9.53 Å². The number of nitrogens with one attached hydrogen (secondary N) is 3. The van der Waals surface area contributed by atoms with Gasteiger partial charge in [-0.3, -0.25) is 4.79 Å². The summed E-state index contributed by atoms with van der Waals surface area (Å²) < 4.78 is 31.3. The van der Waals surface area contributed by atoms with E-state index in [1.807, 2.05) is 0 Å². The second-order valence-electron chi connectivity index (χ2n) is 5.15. The zero-order valence-electron chi connectivity index (χ0n) is 13.6. The first-order valence-corrected chi connectivity index (χ1v) is 7.36. The van der Waals surface area contributed by atoms with E-state index in [0.717, 1.165) is 12.1 Å². The van der Waals surface area contributed by atoms with Crippen molar-refractivity contribution in [3.63, 3.8) is 0 Å². The molecule has 2 aromatic rings. The molecular formula is C17H17F2N3O3. The molecule has 0 fully saturated rings. The molecule has 0 aliphatic carbocycles. The van der Waals surface area contributed by atoms with Gasteiger partial charge in [-0.15, -0.1) is 0 Å². The van der Waals surface area contributed by atoms with E-state index in [9.17, 15) is 18.4 Å². The molecule has 6 nitrogen and oxygen atoms in total. The SMILES string of the molecule is CO[C@@H](C)C(=O)Nc1cccc(NC(=O)Nc2ccc(F)cc2F)c1.